The second-order valence-electron chi connectivity index (χ2n) is 3.31. The van der Waals surface area contributed by atoms with Gasteiger partial charge in [0.25, 0.3) is 0 Å². The number of tetrazole rings is 1. The fraction of sp³-hybridized carbons (Fsp3) is 0.200. The van der Waals surface area contributed by atoms with Crippen LogP contribution in [0.15, 0.2) is 30.3 Å². The summed E-state index contributed by atoms with van der Waals surface area (Å²) >= 11 is 0. The van der Waals surface area contributed by atoms with Crippen molar-refractivity contribution in [2.24, 2.45) is 0 Å². The number of carboxylic acids is 1. The molecule has 0 radical (unpaired) electrons. The number of carboxylic acid groups (broad SMARTS) is 1. The molecule has 16 heavy (non-hydrogen) atoms. The van der Waals surface area contributed by atoms with Gasteiger partial charge >= 0.3 is 5.97 Å². The molecule has 0 fully saturated rings. The largest absolute Gasteiger partial charge is 0.481 e. The number of nitrogens with zero attached hydrogens (tertiary/aromatic N) is 4. The lowest BCUT2D eigenvalue weighted by Crippen LogP contribution is -2.11. The van der Waals surface area contributed by atoms with Crippen molar-refractivity contribution in [1.29, 1.82) is 0 Å². The summed E-state index contributed by atoms with van der Waals surface area (Å²) in [5.74, 6) is -0.583. The first kappa shape index (κ1) is 10.3. The maximum atomic E-state index is 10.6. The van der Waals surface area contributed by atoms with Crippen molar-refractivity contribution >= 4 is 5.97 Å². The molecule has 0 aliphatic carbocycles. The number of benzene rings is 1. The smallest absolute Gasteiger partial charge is 0.311 e. The molecule has 0 bridgehead atoms. The number of hydrogen-bond acceptors (Lipinski definition) is 4. The van der Waals surface area contributed by atoms with Gasteiger partial charge in [-0.1, -0.05) is 30.3 Å². The van der Waals surface area contributed by atoms with Crippen molar-refractivity contribution in [1.82, 2.24) is 20.2 Å². The molecule has 0 amide bonds. The fourth-order valence-electron chi connectivity index (χ4n) is 1.36. The Morgan fingerprint density at radius 1 is 1.31 bits per heavy atom. The zero-order valence-electron chi connectivity index (χ0n) is 8.45. The van der Waals surface area contributed by atoms with Gasteiger partial charge in [0, 0.05) is 0 Å². The minimum Gasteiger partial charge on any atom is -0.481 e. The van der Waals surface area contributed by atoms with Gasteiger partial charge in [0.2, 0.25) is 0 Å². The zero-order chi connectivity index (χ0) is 11.4. The molecule has 1 aromatic carbocycles. The lowest BCUT2D eigenvalue weighted by atomic mass is 10.2. The molecule has 0 unspecified atom stereocenters. The van der Waals surface area contributed by atoms with Gasteiger partial charge in [-0.2, -0.15) is 0 Å². The van der Waals surface area contributed by atoms with Gasteiger partial charge in [-0.3, -0.25) is 4.79 Å². The average Bonchev–Trinajstić information content (AvgIpc) is 2.66. The first-order chi connectivity index (χ1) is 7.75. The third kappa shape index (κ3) is 2.41. The Morgan fingerprint density at radius 2 is 2.06 bits per heavy atom. The Bertz CT molecular complexity index is 481. The first-order valence-corrected chi connectivity index (χ1v) is 4.76. The van der Waals surface area contributed by atoms with Gasteiger partial charge in [-0.25, -0.2) is 4.68 Å². The van der Waals surface area contributed by atoms with Crippen molar-refractivity contribution in [3.8, 4) is 0 Å². The second kappa shape index (κ2) is 4.52. The van der Waals surface area contributed by atoms with E-state index >= 15 is 0 Å². The van der Waals surface area contributed by atoms with Gasteiger partial charge in [0.05, 0.1) is 6.54 Å². The average molecular weight is 218 g/mol. The van der Waals surface area contributed by atoms with Crippen LogP contribution in [0.4, 0.5) is 0 Å². The number of aliphatic carboxylic acids is 1. The molecule has 6 nitrogen and oxygen atoms in total. The summed E-state index contributed by atoms with van der Waals surface area (Å²) in [5, 5.41) is 19.6. The van der Waals surface area contributed by atoms with Crippen LogP contribution in [-0.2, 0) is 17.8 Å². The van der Waals surface area contributed by atoms with E-state index in [1.807, 2.05) is 30.3 Å². The molecular formula is C10H10N4O2. The Labute approximate surface area is 91.5 Å². The molecule has 0 aliphatic rings. The maximum Gasteiger partial charge on any atom is 0.311 e. The quantitative estimate of drug-likeness (QED) is 0.800. The zero-order valence-corrected chi connectivity index (χ0v) is 8.45. The van der Waals surface area contributed by atoms with E-state index in [-0.39, 0.29) is 6.42 Å². The Morgan fingerprint density at radius 3 is 2.75 bits per heavy atom. The predicted octanol–water partition coefficient (Wildman–Crippen LogP) is 0.348. The van der Waals surface area contributed by atoms with E-state index < -0.39 is 5.97 Å². The minimum atomic E-state index is -0.941. The summed E-state index contributed by atoms with van der Waals surface area (Å²) in [5.41, 5.74) is 1.03. The summed E-state index contributed by atoms with van der Waals surface area (Å²) in [4.78, 5) is 10.6. The van der Waals surface area contributed by atoms with Crippen LogP contribution in [0, 0.1) is 0 Å². The van der Waals surface area contributed by atoms with Crippen molar-refractivity contribution in [3.63, 3.8) is 0 Å². The van der Waals surface area contributed by atoms with Crippen LogP contribution in [0.25, 0.3) is 0 Å². The van der Waals surface area contributed by atoms with E-state index in [1.165, 1.54) is 4.68 Å². The lowest BCUT2D eigenvalue weighted by molar-refractivity contribution is -0.136. The SMILES string of the molecule is O=C(O)Cc1nnnn1Cc1ccccc1. The molecule has 0 spiro atoms. The van der Waals surface area contributed by atoms with Gasteiger partial charge in [0.1, 0.15) is 6.42 Å². The van der Waals surface area contributed by atoms with E-state index in [0.717, 1.165) is 5.56 Å². The third-order valence-corrected chi connectivity index (χ3v) is 2.09. The summed E-state index contributed by atoms with van der Waals surface area (Å²) in [6.07, 6.45) is -0.167. The molecule has 82 valence electrons. The van der Waals surface area contributed by atoms with Gasteiger partial charge in [-0.05, 0) is 16.0 Å². The molecular weight excluding hydrogens is 208 g/mol. The van der Waals surface area contributed by atoms with Crippen molar-refractivity contribution < 1.29 is 9.90 Å². The normalized spacial score (nSPS) is 10.2. The van der Waals surface area contributed by atoms with E-state index in [9.17, 15) is 4.79 Å². The number of carbonyl (C=O) groups is 1. The van der Waals surface area contributed by atoms with Crippen molar-refractivity contribution in [3.05, 3.63) is 41.7 Å². The van der Waals surface area contributed by atoms with Crippen LogP contribution in [0.2, 0.25) is 0 Å². The summed E-state index contributed by atoms with van der Waals surface area (Å²) < 4.78 is 1.49. The van der Waals surface area contributed by atoms with Crippen molar-refractivity contribution in [2.75, 3.05) is 0 Å². The standard InChI is InChI=1S/C10H10N4O2/c15-10(16)6-9-11-12-13-14(9)7-8-4-2-1-3-5-8/h1-5H,6-7H2,(H,15,16). The fourth-order valence-corrected chi connectivity index (χ4v) is 1.36. The second-order valence-corrected chi connectivity index (χ2v) is 3.31. The minimum absolute atomic E-state index is 0.167. The highest BCUT2D eigenvalue weighted by atomic mass is 16.4. The van der Waals surface area contributed by atoms with Crippen LogP contribution >= 0.6 is 0 Å². The van der Waals surface area contributed by atoms with Crippen molar-refractivity contribution in [2.45, 2.75) is 13.0 Å². The van der Waals surface area contributed by atoms with Gasteiger partial charge < -0.3 is 5.11 Å². The Hall–Kier alpha value is -2.24. The first-order valence-electron chi connectivity index (χ1n) is 4.76. The topological polar surface area (TPSA) is 80.9 Å². The van der Waals surface area contributed by atoms with Gasteiger partial charge in [0.15, 0.2) is 5.82 Å². The lowest BCUT2D eigenvalue weighted by Gasteiger charge is -2.02. The molecule has 0 atom stereocenters. The highest BCUT2D eigenvalue weighted by Crippen LogP contribution is 2.03. The summed E-state index contributed by atoms with van der Waals surface area (Å²) in [7, 11) is 0. The Balaban J connectivity index is 2.16. The van der Waals surface area contributed by atoms with Crippen LogP contribution in [0.3, 0.4) is 0 Å². The maximum absolute atomic E-state index is 10.6. The molecule has 1 heterocycles. The summed E-state index contributed by atoms with van der Waals surface area (Å²) in [6, 6.07) is 9.62. The van der Waals surface area contributed by atoms with E-state index in [4.69, 9.17) is 5.11 Å². The molecule has 2 aromatic rings. The third-order valence-electron chi connectivity index (χ3n) is 2.09. The molecule has 6 heteroatoms. The monoisotopic (exact) mass is 218 g/mol. The van der Waals surface area contributed by atoms with E-state index in [1.54, 1.807) is 0 Å². The molecule has 0 aliphatic heterocycles. The number of rotatable bonds is 4. The molecule has 1 N–H and O–H groups in total. The molecule has 1 aromatic heterocycles. The molecule has 2 rings (SSSR count). The van der Waals surface area contributed by atoms with Crippen LogP contribution < -0.4 is 0 Å². The number of hydrogen-bond donors (Lipinski definition) is 1. The number of aromatic nitrogens is 4. The van der Waals surface area contributed by atoms with E-state index in [0.29, 0.717) is 12.4 Å². The van der Waals surface area contributed by atoms with Gasteiger partial charge in [-0.15, -0.1) is 5.10 Å². The van der Waals surface area contributed by atoms with E-state index in [2.05, 4.69) is 15.5 Å². The highest BCUT2D eigenvalue weighted by molar-refractivity contribution is 5.68. The highest BCUT2D eigenvalue weighted by Gasteiger charge is 2.10. The van der Waals surface area contributed by atoms with Crippen LogP contribution in [0.5, 0.6) is 0 Å². The summed E-state index contributed by atoms with van der Waals surface area (Å²) in [6.45, 7) is 0.483. The predicted molar refractivity (Wildman–Crippen MR) is 54.7 cm³/mol. The van der Waals surface area contributed by atoms with Crippen LogP contribution in [-0.4, -0.2) is 31.3 Å². The van der Waals surface area contributed by atoms with Crippen LogP contribution in [0.1, 0.15) is 11.4 Å². The Kier molecular flexibility index (Phi) is 2.90. The molecule has 0 saturated heterocycles. The molecule has 0 saturated carbocycles.